The van der Waals surface area contributed by atoms with Crippen LogP contribution in [0.4, 0.5) is 11.6 Å². The number of amides is 2. The molecule has 17 nitrogen and oxygen atoms in total. The summed E-state index contributed by atoms with van der Waals surface area (Å²) in [5, 5.41) is 7.79. The fraction of sp³-hybridized carbons (Fsp3) is 0.609. The molecule has 4 atom stereocenters. The minimum Gasteiger partial charge on any atom is -0.494 e. The smallest absolute Gasteiger partial charge is 0.319 e. The predicted octanol–water partition coefficient (Wildman–Crippen LogP) is 5.64. The highest BCUT2D eigenvalue weighted by molar-refractivity contribution is 7.33. The first-order valence-electron chi connectivity index (χ1n) is 22.5. The molecule has 4 heterocycles. The molecular weight excluding hydrogens is 836 g/mol. The Labute approximate surface area is 378 Å². The van der Waals surface area contributed by atoms with Crippen molar-refractivity contribution >= 4 is 53.5 Å². The van der Waals surface area contributed by atoms with Crippen molar-refractivity contribution in [3.05, 3.63) is 49.1 Å². The van der Waals surface area contributed by atoms with E-state index in [4.69, 9.17) is 30.0 Å². The number of hydrogen-bond acceptors (Lipinski definition) is 15. The van der Waals surface area contributed by atoms with Crippen molar-refractivity contribution in [1.82, 2.24) is 30.6 Å². The summed E-state index contributed by atoms with van der Waals surface area (Å²) in [6, 6.07) is 10.2. The Kier molecular flexibility index (Phi) is 16.4. The van der Waals surface area contributed by atoms with E-state index in [-0.39, 0.29) is 36.7 Å². The summed E-state index contributed by atoms with van der Waals surface area (Å²) < 4.78 is 37.7. The molecule has 64 heavy (non-hydrogen) atoms. The molecule has 0 saturated carbocycles. The van der Waals surface area contributed by atoms with Crippen molar-refractivity contribution in [2.45, 2.75) is 104 Å². The van der Waals surface area contributed by atoms with Gasteiger partial charge in [-0.25, -0.2) is 19.9 Å². The van der Waals surface area contributed by atoms with Gasteiger partial charge in [0.2, 0.25) is 11.8 Å². The Bertz CT molecular complexity index is 2070. The topological polar surface area (TPSA) is 222 Å². The number of nitrogens with zero attached hydrogens (tertiary/aromatic N) is 6. The molecule has 2 aliphatic rings. The Morgan fingerprint density at radius 2 is 1.05 bits per heavy atom. The summed E-state index contributed by atoms with van der Waals surface area (Å²) in [6.45, 7) is 14.7. The lowest BCUT2D eigenvalue weighted by molar-refractivity contribution is -0.125. The van der Waals surface area contributed by atoms with Gasteiger partial charge < -0.3 is 50.4 Å². The summed E-state index contributed by atoms with van der Waals surface area (Å²) in [7, 11) is 0.127. The number of carbonyl (C=O) groups excluding carboxylic acids is 2. The predicted molar refractivity (Wildman–Crippen MR) is 251 cm³/mol. The van der Waals surface area contributed by atoms with Gasteiger partial charge in [0.1, 0.15) is 46.8 Å². The zero-order chi connectivity index (χ0) is 46.2. The number of benzene rings is 2. The molecule has 2 aromatic heterocycles. The first kappa shape index (κ1) is 48.8. The molecule has 0 radical (unpaired) electrons. The summed E-state index contributed by atoms with van der Waals surface area (Å²) in [6.07, 6.45) is 6.30. The SMILES string of the molecule is COc1cccc2c(N3CCC(CC(CNC(=O)[C@@H](N)C(C)(C)C)O[PH](=O)OC(CNC(=O)[C@@H](N)C(C)(C)C)CC4CCN(c5ncnc6c(OC)cccc56)CC4)CC3)ncnc12. The highest BCUT2D eigenvalue weighted by Gasteiger charge is 2.33. The largest absolute Gasteiger partial charge is 0.494 e. The molecule has 18 heteroatoms. The van der Waals surface area contributed by atoms with Crippen LogP contribution in [0.3, 0.4) is 0 Å². The number of rotatable bonds is 18. The van der Waals surface area contributed by atoms with E-state index in [0.717, 1.165) is 85.3 Å². The molecule has 2 aliphatic heterocycles. The van der Waals surface area contributed by atoms with Crippen LogP contribution < -0.4 is 41.4 Å². The third-order valence-corrected chi connectivity index (χ3v) is 13.7. The number of anilines is 2. The maximum absolute atomic E-state index is 14.1. The van der Waals surface area contributed by atoms with E-state index < -0.39 is 43.4 Å². The number of hydrogen-bond donors (Lipinski definition) is 4. The van der Waals surface area contributed by atoms with Gasteiger partial charge in [-0.1, -0.05) is 53.7 Å². The van der Waals surface area contributed by atoms with Crippen LogP contribution in [0.25, 0.3) is 21.8 Å². The number of piperidine rings is 2. The molecule has 2 saturated heterocycles. The van der Waals surface area contributed by atoms with Gasteiger partial charge in [0, 0.05) is 50.0 Å². The van der Waals surface area contributed by atoms with E-state index in [9.17, 15) is 14.2 Å². The van der Waals surface area contributed by atoms with Gasteiger partial charge >= 0.3 is 8.25 Å². The monoisotopic (exact) mass is 905 g/mol. The highest BCUT2D eigenvalue weighted by atomic mass is 31.1. The van der Waals surface area contributed by atoms with Crippen molar-refractivity contribution in [2.75, 3.05) is 63.3 Å². The van der Waals surface area contributed by atoms with E-state index in [1.807, 2.05) is 77.9 Å². The third-order valence-electron chi connectivity index (χ3n) is 12.6. The van der Waals surface area contributed by atoms with Crippen molar-refractivity contribution in [1.29, 1.82) is 0 Å². The molecular formula is C46H69N10O7P. The number of nitrogens with one attached hydrogen (secondary N) is 2. The van der Waals surface area contributed by atoms with Gasteiger partial charge in [-0.05, 0) is 85.5 Å². The van der Waals surface area contributed by atoms with Crippen LogP contribution in [-0.4, -0.2) is 110 Å². The second kappa shape index (κ2) is 21.5. The summed E-state index contributed by atoms with van der Waals surface area (Å²) >= 11 is 0. The summed E-state index contributed by atoms with van der Waals surface area (Å²) in [5.41, 5.74) is 13.2. The molecule has 6 N–H and O–H groups in total. The number of ether oxygens (including phenoxy) is 2. The Morgan fingerprint density at radius 1 is 0.672 bits per heavy atom. The lowest BCUT2D eigenvalue weighted by Gasteiger charge is -2.35. The highest BCUT2D eigenvalue weighted by Crippen LogP contribution is 2.38. The maximum Gasteiger partial charge on any atom is 0.319 e. The number of carbonyl (C=O) groups is 2. The van der Waals surface area contributed by atoms with Gasteiger partial charge in [0.05, 0.1) is 38.5 Å². The molecule has 2 unspecified atom stereocenters. The number of aromatic nitrogens is 4. The molecule has 2 amide bonds. The number of fused-ring (bicyclic) bond motifs is 2. The minimum atomic E-state index is -3.14. The second-order valence-electron chi connectivity index (χ2n) is 19.3. The van der Waals surface area contributed by atoms with Crippen molar-refractivity contribution < 1.29 is 32.7 Å². The summed E-state index contributed by atoms with van der Waals surface area (Å²) in [4.78, 5) is 49.2. The van der Waals surface area contributed by atoms with Crippen molar-refractivity contribution in [2.24, 2.45) is 34.1 Å². The quantitative estimate of drug-likeness (QED) is 0.0887. The number of nitrogens with two attached hydrogens (primary N) is 2. The van der Waals surface area contributed by atoms with E-state index in [2.05, 4.69) is 40.4 Å². The van der Waals surface area contributed by atoms with Gasteiger partial charge in [0.25, 0.3) is 0 Å². The molecule has 0 aliphatic carbocycles. The van der Waals surface area contributed by atoms with Crippen molar-refractivity contribution in [3.63, 3.8) is 0 Å². The molecule has 0 spiro atoms. The average Bonchev–Trinajstić information content (AvgIpc) is 3.28. The normalized spacial score (nSPS) is 18.0. The maximum atomic E-state index is 14.1. The zero-order valence-electron chi connectivity index (χ0n) is 38.8. The summed E-state index contributed by atoms with van der Waals surface area (Å²) in [5.74, 6) is 2.90. The first-order valence-corrected chi connectivity index (χ1v) is 23.7. The van der Waals surface area contributed by atoms with Crippen LogP contribution in [0.2, 0.25) is 0 Å². The molecule has 2 aromatic carbocycles. The van der Waals surface area contributed by atoms with Gasteiger partial charge in [-0.2, -0.15) is 0 Å². The van der Waals surface area contributed by atoms with Crippen LogP contribution in [0, 0.1) is 22.7 Å². The van der Waals surface area contributed by atoms with E-state index in [1.165, 1.54) is 0 Å². The molecule has 0 bridgehead atoms. The average molecular weight is 905 g/mol. The number of methoxy groups -OCH3 is 2. The lowest BCUT2D eigenvalue weighted by atomic mass is 9.87. The fourth-order valence-electron chi connectivity index (χ4n) is 8.51. The van der Waals surface area contributed by atoms with Crippen LogP contribution in [0.15, 0.2) is 49.1 Å². The molecule has 2 fully saturated rings. The van der Waals surface area contributed by atoms with E-state index in [0.29, 0.717) is 24.3 Å². The third kappa shape index (κ3) is 12.4. The van der Waals surface area contributed by atoms with Gasteiger partial charge in [-0.15, -0.1) is 0 Å². The van der Waals surface area contributed by atoms with Gasteiger partial charge in [-0.3, -0.25) is 14.2 Å². The van der Waals surface area contributed by atoms with E-state index in [1.54, 1.807) is 26.9 Å². The fourth-order valence-corrected chi connectivity index (χ4v) is 9.47. The standard InChI is InChI=1S/C46H69N10O7P/c1-45(2,3)39(47)43(57)49-25-31(23-29-15-19-55(20-16-29)41-33-11-9-13-35(60-7)37(33)51-27-53-41)62-64(59)63-32(26-50-44(58)40(48)46(4,5)6)24-30-17-21-56(22-18-30)42-34-12-10-14-36(61-8)38(34)52-28-54-42/h9-14,27-32,39-40,64H,15-26,47-48H2,1-8H3,(H,49,57)(H,50,58)/t31?,32?,39-,40-/m1/s1. The molecule has 350 valence electrons. The van der Waals surface area contributed by atoms with Crippen molar-refractivity contribution in [3.8, 4) is 11.5 Å². The Balaban J connectivity index is 1.13. The molecule has 4 aromatic rings. The minimum absolute atomic E-state index is 0.114. The lowest BCUT2D eigenvalue weighted by Crippen LogP contribution is -2.50. The molecule has 6 rings (SSSR count). The Hall–Kier alpha value is -4.67. The Morgan fingerprint density at radius 3 is 1.39 bits per heavy atom. The zero-order valence-corrected chi connectivity index (χ0v) is 39.8. The first-order chi connectivity index (χ1) is 30.5. The van der Waals surface area contributed by atoms with Gasteiger partial charge in [0.15, 0.2) is 0 Å². The second-order valence-corrected chi connectivity index (χ2v) is 20.3. The van der Waals surface area contributed by atoms with Crippen LogP contribution in [0.5, 0.6) is 11.5 Å². The van der Waals surface area contributed by atoms with Crippen LogP contribution in [0.1, 0.15) is 80.1 Å². The van der Waals surface area contributed by atoms with Crippen LogP contribution in [-0.2, 0) is 23.2 Å². The van der Waals surface area contributed by atoms with Crippen LogP contribution >= 0.6 is 8.25 Å². The number of para-hydroxylation sites is 2. The van der Waals surface area contributed by atoms with E-state index >= 15 is 0 Å².